The van der Waals surface area contributed by atoms with Gasteiger partial charge in [0, 0.05) is 12.2 Å². The Balaban J connectivity index is 1.97. The van der Waals surface area contributed by atoms with Crippen molar-refractivity contribution in [2.24, 2.45) is 0 Å². The highest BCUT2D eigenvalue weighted by Crippen LogP contribution is 2.33. The van der Waals surface area contributed by atoms with Crippen molar-refractivity contribution in [2.75, 3.05) is 25.6 Å². The van der Waals surface area contributed by atoms with Crippen LogP contribution in [0.3, 0.4) is 0 Å². The van der Waals surface area contributed by atoms with Crippen molar-refractivity contribution >= 4 is 17.6 Å². The Labute approximate surface area is 181 Å². The standard InChI is InChI=1S/C23H24N4O4/c1-4-27-15(2)20(22(28)25-18-7-5-6-8-19(18)30-3)21(26-23(27)29)16-9-11-17(12-10-16)31-14-13-24/h5-12,21H,4,14H2,1-3H3,(H,25,28)(H,26,29)/t21-/m0/s1. The second-order valence-corrected chi connectivity index (χ2v) is 6.80. The van der Waals surface area contributed by atoms with E-state index in [2.05, 4.69) is 10.6 Å². The Morgan fingerprint density at radius 3 is 2.58 bits per heavy atom. The number of urea groups is 1. The molecule has 0 fully saturated rings. The van der Waals surface area contributed by atoms with Crippen molar-refractivity contribution in [2.45, 2.75) is 19.9 Å². The Morgan fingerprint density at radius 1 is 1.23 bits per heavy atom. The number of nitrogens with one attached hydrogen (secondary N) is 2. The molecule has 1 atom stereocenters. The van der Waals surface area contributed by atoms with Gasteiger partial charge in [-0.1, -0.05) is 24.3 Å². The molecule has 8 nitrogen and oxygen atoms in total. The van der Waals surface area contributed by atoms with Gasteiger partial charge in [0.15, 0.2) is 6.61 Å². The fourth-order valence-electron chi connectivity index (χ4n) is 3.52. The number of carbonyl (C=O) groups is 2. The van der Waals surface area contributed by atoms with Crippen LogP contribution in [0.25, 0.3) is 0 Å². The third-order valence-corrected chi connectivity index (χ3v) is 5.03. The Bertz CT molecular complexity index is 1040. The lowest BCUT2D eigenvalue weighted by atomic mass is 9.94. The minimum Gasteiger partial charge on any atom is -0.495 e. The molecule has 8 heteroatoms. The van der Waals surface area contributed by atoms with Gasteiger partial charge in [-0.05, 0) is 43.7 Å². The highest BCUT2D eigenvalue weighted by Gasteiger charge is 2.35. The zero-order valence-electron chi connectivity index (χ0n) is 17.6. The molecule has 2 aromatic carbocycles. The predicted octanol–water partition coefficient (Wildman–Crippen LogP) is 3.60. The van der Waals surface area contributed by atoms with Crippen LogP contribution >= 0.6 is 0 Å². The molecule has 0 aliphatic carbocycles. The number of hydrogen-bond donors (Lipinski definition) is 2. The zero-order chi connectivity index (χ0) is 22.4. The van der Waals surface area contributed by atoms with Crippen LogP contribution in [0.15, 0.2) is 59.8 Å². The summed E-state index contributed by atoms with van der Waals surface area (Å²) >= 11 is 0. The molecule has 2 N–H and O–H groups in total. The van der Waals surface area contributed by atoms with Crippen molar-refractivity contribution in [1.82, 2.24) is 10.2 Å². The van der Waals surface area contributed by atoms with Crippen molar-refractivity contribution < 1.29 is 19.1 Å². The number of nitriles is 1. The number of hydrogen-bond acceptors (Lipinski definition) is 5. The quantitative estimate of drug-likeness (QED) is 0.712. The van der Waals surface area contributed by atoms with Crippen LogP contribution in [0.1, 0.15) is 25.5 Å². The SMILES string of the molecule is CCN1C(=O)N[C@@H](c2ccc(OCC#N)cc2)C(C(=O)Nc2ccccc2OC)=C1C. The number of para-hydroxylation sites is 2. The van der Waals surface area contributed by atoms with Crippen LogP contribution in [0.2, 0.25) is 0 Å². The van der Waals surface area contributed by atoms with Crippen LogP contribution < -0.4 is 20.1 Å². The number of anilines is 1. The maximum atomic E-state index is 13.3. The van der Waals surface area contributed by atoms with Crippen LogP contribution in [-0.2, 0) is 4.79 Å². The maximum Gasteiger partial charge on any atom is 0.322 e. The second-order valence-electron chi connectivity index (χ2n) is 6.80. The van der Waals surface area contributed by atoms with Gasteiger partial charge in [0.25, 0.3) is 5.91 Å². The van der Waals surface area contributed by atoms with Gasteiger partial charge >= 0.3 is 6.03 Å². The summed E-state index contributed by atoms with van der Waals surface area (Å²) in [6.07, 6.45) is 0. The van der Waals surface area contributed by atoms with Crippen molar-refractivity contribution in [3.63, 3.8) is 0 Å². The number of nitrogens with zero attached hydrogens (tertiary/aromatic N) is 2. The molecule has 2 aromatic rings. The van der Waals surface area contributed by atoms with Gasteiger partial charge in [0.05, 0.1) is 24.4 Å². The van der Waals surface area contributed by atoms with Gasteiger partial charge in [0.1, 0.15) is 17.6 Å². The first-order chi connectivity index (χ1) is 15.0. The smallest absolute Gasteiger partial charge is 0.322 e. The third-order valence-electron chi connectivity index (χ3n) is 5.03. The molecule has 0 spiro atoms. The first kappa shape index (κ1) is 21.7. The first-order valence-electron chi connectivity index (χ1n) is 9.83. The lowest BCUT2D eigenvalue weighted by Gasteiger charge is -2.35. The number of allylic oxidation sites excluding steroid dienone is 1. The molecule has 31 heavy (non-hydrogen) atoms. The minimum absolute atomic E-state index is 0.0590. The maximum absolute atomic E-state index is 13.3. The van der Waals surface area contributed by atoms with Crippen molar-refractivity contribution in [3.8, 4) is 17.6 Å². The van der Waals surface area contributed by atoms with E-state index >= 15 is 0 Å². The topological polar surface area (TPSA) is 104 Å². The molecule has 3 rings (SSSR count). The van der Waals surface area contributed by atoms with Crippen LogP contribution in [-0.4, -0.2) is 37.1 Å². The van der Waals surface area contributed by atoms with E-state index in [4.69, 9.17) is 14.7 Å². The largest absolute Gasteiger partial charge is 0.495 e. The van der Waals surface area contributed by atoms with Gasteiger partial charge < -0.3 is 20.1 Å². The van der Waals surface area contributed by atoms with E-state index in [1.165, 1.54) is 12.0 Å². The highest BCUT2D eigenvalue weighted by atomic mass is 16.5. The number of amides is 3. The molecular weight excluding hydrogens is 396 g/mol. The van der Waals surface area contributed by atoms with E-state index in [1.54, 1.807) is 49.4 Å². The van der Waals surface area contributed by atoms with Gasteiger partial charge in [-0.3, -0.25) is 9.69 Å². The van der Waals surface area contributed by atoms with Crippen LogP contribution in [0.4, 0.5) is 10.5 Å². The van der Waals surface area contributed by atoms with Crippen molar-refractivity contribution in [3.05, 3.63) is 65.4 Å². The van der Waals surface area contributed by atoms with E-state index in [0.29, 0.717) is 35.0 Å². The Morgan fingerprint density at radius 2 is 1.94 bits per heavy atom. The number of ether oxygens (including phenoxy) is 2. The Kier molecular flexibility index (Phi) is 6.78. The number of benzene rings is 2. The fraction of sp³-hybridized carbons (Fsp3) is 0.261. The molecule has 0 radical (unpaired) electrons. The summed E-state index contributed by atoms with van der Waals surface area (Å²) in [6, 6.07) is 15.1. The number of rotatable bonds is 7. The fourth-order valence-corrected chi connectivity index (χ4v) is 3.52. The highest BCUT2D eigenvalue weighted by molar-refractivity contribution is 6.07. The molecule has 160 valence electrons. The lowest BCUT2D eigenvalue weighted by Crippen LogP contribution is -2.48. The summed E-state index contributed by atoms with van der Waals surface area (Å²) in [5.41, 5.74) is 2.26. The molecule has 1 heterocycles. The molecule has 1 aliphatic rings. The zero-order valence-corrected chi connectivity index (χ0v) is 17.6. The van der Waals surface area contributed by atoms with E-state index < -0.39 is 6.04 Å². The molecule has 3 amide bonds. The summed E-state index contributed by atoms with van der Waals surface area (Å²) in [6.45, 7) is 3.98. The number of methoxy groups -OCH3 is 1. The van der Waals surface area contributed by atoms with Gasteiger partial charge in [0.2, 0.25) is 0 Å². The van der Waals surface area contributed by atoms with E-state index in [1.807, 2.05) is 19.1 Å². The lowest BCUT2D eigenvalue weighted by molar-refractivity contribution is -0.113. The average molecular weight is 420 g/mol. The third kappa shape index (κ3) is 4.61. The number of carbonyl (C=O) groups excluding carboxylic acids is 2. The monoisotopic (exact) mass is 420 g/mol. The second kappa shape index (κ2) is 9.67. The normalized spacial score (nSPS) is 15.7. The summed E-state index contributed by atoms with van der Waals surface area (Å²) in [4.78, 5) is 27.5. The minimum atomic E-state index is -0.643. The van der Waals surface area contributed by atoms with Crippen molar-refractivity contribution in [1.29, 1.82) is 5.26 Å². The molecule has 0 bridgehead atoms. The molecule has 1 aliphatic heterocycles. The molecule has 0 saturated heterocycles. The van der Waals surface area contributed by atoms with Crippen LogP contribution in [0.5, 0.6) is 11.5 Å². The Hall–Kier alpha value is -3.99. The van der Waals surface area contributed by atoms with E-state index in [-0.39, 0.29) is 18.5 Å². The molecular formula is C23H24N4O4. The molecule has 0 aromatic heterocycles. The summed E-state index contributed by atoms with van der Waals surface area (Å²) in [7, 11) is 1.54. The summed E-state index contributed by atoms with van der Waals surface area (Å²) < 4.78 is 10.6. The van der Waals surface area contributed by atoms with Crippen LogP contribution in [0, 0.1) is 11.3 Å². The summed E-state index contributed by atoms with van der Waals surface area (Å²) in [5, 5.41) is 14.5. The van der Waals surface area contributed by atoms with Gasteiger partial charge in [-0.25, -0.2) is 4.79 Å². The van der Waals surface area contributed by atoms with Gasteiger partial charge in [-0.15, -0.1) is 0 Å². The van der Waals surface area contributed by atoms with E-state index in [0.717, 1.165) is 5.56 Å². The first-order valence-corrected chi connectivity index (χ1v) is 9.83. The molecule has 0 unspecified atom stereocenters. The molecule has 0 saturated carbocycles. The average Bonchev–Trinajstić information content (AvgIpc) is 2.78. The summed E-state index contributed by atoms with van der Waals surface area (Å²) in [5.74, 6) is 0.732. The van der Waals surface area contributed by atoms with E-state index in [9.17, 15) is 9.59 Å². The predicted molar refractivity (Wildman–Crippen MR) is 116 cm³/mol. The van der Waals surface area contributed by atoms with Gasteiger partial charge in [-0.2, -0.15) is 5.26 Å².